The van der Waals surface area contributed by atoms with Crippen molar-refractivity contribution in [2.24, 2.45) is 0 Å². The van der Waals surface area contributed by atoms with E-state index in [2.05, 4.69) is 0 Å². The predicted octanol–water partition coefficient (Wildman–Crippen LogP) is 0.212. The first kappa shape index (κ1) is 4.81. The topological polar surface area (TPSA) is 40.5 Å². The third-order valence-electron chi connectivity index (χ3n) is 0.929. The average Bonchev–Trinajstić information content (AvgIpc) is 1.87. The number of rotatable bonds is 0. The van der Waals surface area contributed by atoms with Gasteiger partial charge in [0.1, 0.15) is 6.10 Å². The van der Waals surface area contributed by atoms with Gasteiger partial charge in [-0.05, 0) is 0 Å². The zero-order valence-corrected chi connectivity index (χ0v) is 3.83. The standard InChI is InChI=1S/C5H7O2/c6-4-1-2-5(7)3-4/h1-2,4,6-7H,3H2/t4-/m0/s1. The van der Waals surface area contributed by atoms with Gasteiger partial charge in [-0.2, -0.15) is 0 Å². The lowest BCUT2D eigenvalue weighted by Crippen LogP contribution is -1.98. The van der Waals surface area contributed by atoms with Crippen molar-refractivity contribution in [2.45, 2.75) is 12.5 Å². The Bertz CT molecular complexity index is 78.1. The molecule has 0 amide bonds. The van der Waals surface area contributed by atoms with Gasteiger partial charge < -0.3 is 10.2 Å². The van der Waals surface area contributed by atoms with E-state index in [1.807, 2.05) is 0 Å². The van der Waals surface area contributed by atoms with E-state index >= 15 is 0 Å². The second-order valence-corrected chi connectivity index (χ2v) is 1.62. The summed E-state index contributed by atoms with van der Waals surface area (Å²) < 4.78 is 0. The number of hydrogen-bond donors (Lipinski definition) is 2. The quantitative estimate of drug-likeness (QED) is 0.455. The molecule has 0 heterocycles. The molecule has 0 aliphatic heterocycles. The molecule has 0 spiro atoms. The molecule has 0 saturated carbocycles. The first-order valence-electron chi connectivity index (χ1n) is 2.20. The second kappa shape index (κ2) is 1.64. The summed E-state index contributed by atoms with van der Waals surface area (Å²) in [5.74, 6) is 0. The van der Waals surface area contributed by atoms with Gasteiger partial charge in [0.05, 0.1) is 6.10 Å². The van der Waals surface area contributed by atoms with E-state index in [1.54, 1.807) is 6.08 Å². The number of hydrogen-bond acceptors (Lipinski definition) is 2. The van der Waals surface area contributed by atoms with Gasteiger partial charge in [-0.25, -0.2) is 0 Å². The smallest absolute Gasteiger partial charge is 0.118 e. The van der Waals surface area contributed by atoms with Crippen LogP contribution in [0, 0.1) is 6.10 Å². The highest BCUT2D eigenvalue weighted by molar-refractivity contribution is 5.13. The van der Waals surface area contributed by atoms with Gasteiger partial charge in [-0.1, -0.05) is 12.2 Å². The third-order valence-corrected chi connectivity index (χ3v) is 0.929. The Hall–Kier alpha value is -0.340. The molecular formula is C5H7O2. The SMILES string of the molecule is O[C]1C=C[C@H](O)C1. The van der Waals surface area contributed by atoms with Crippen LogP contribution in [-0.4, -0.2) is 16.3 Å². The highest BCUT2D eigenvalue weighted by atomic mass is 16.3. The molecule has 0 aromatic rings. The molecule has 0 saturated heterocycles. The largest absolute Gasteiger partial charge is 0.389 e. The summed E-state index contributed by atoms with van der Waals surface area (Å²) in [6.45, 7) is 0. The van der Waals surface area contributed by atoms with Crippen molar-refractivity contribution < 1.29 is 10.2 Å². The normalized spacial score (nSPS) is 32.0. The maximum Gasteiger partial charge on any atom is 0.118 e. The zero-order chi connectivity index (χ0) is 5.28. The summed E-state index contributed by atoms with van der Waals surface area (Å²) >= 11 is 0. The predicted molar refractivity (Wildman–Crippen MR) is 24.9 cm³/mol. The summed E-state index contributed by atoms with van der Waals surface area (Å²) in [5.41, 5.74) is 0. The Labute approximate surface area is 42.1 Å². The van der Waals surface area contributed by atoms with Crippen LogP contribution in [-0.2, 0) is 0 Å². The van der Waals surface area contributed by atoms with Crippen LogP contribution in [0.2, 0.25) is 0 Å². The van der Waals surface area contributed by atoms with E-state index in [1.165, 1.54) is 6.08 Å². The van der Waals surface area contributed by atoms with Crippen LogP contribution in [0.1, 0.15) is 6.42 Å². The van der Waals surface area contributed by atoms with Crippen LogP contribution in [0.5, 0.6) is 0 Å². The Morgan fingerprint density at radius 2 is 2.43 bits per heavy atom. The fraction of sp³-hybridized carbons (Fsp3) is 0.400. The van der Waals surface area contributed by atoms with Crippen molar-refractivity contribution in [3.8, 4) is 0 Å². The molecule has 0 aromatic carbocycles. The Morgan fingerprint density at radius 1 is 1.71 bits per heavy atom. The molecule has 0 aromatic heterocycles. The summed E-state index contributed by atoms with van der Waals surface area (Å²) in [6.07, 6.45) is 3.30. The summed E-state index contributed by atoms with van der Waals surface area (Å²) in [4.78, 5) is 0. The van der Waals surface area contributed by atoms with E-state index in [4.69, 9.17) is 10.2 Å². The van der Waals surface area contributed by atoms with Gasteiger partial charge in [-0.3, -0.25) is 0 Å². The molecule has 0 fully saturated rings. The molecule has 2 heteroatoms. The summed E-state index contributed by atoms with van der Waals surface area (Å²) in [7, 11) is 0. The Morgan fingerprint density at radius 3 is 2.57 bits per heavy atom. The lowest BCUT2D eigenvalue weighted by Gasteiger charge is -1.95. The lowest BCUT2D eigenvalue weighted by molar-refractivity contribution is 0.198. The molecule has 1 rings (SSSR count). The molecule has 2 nitrogen and oxygen atoms in total. The van der Waals surface area contributed by atoms with Crippen molar-refractivity contribution in [2.75, 3.05) is 0 Å². The molecular weight excluding hydrogens is 92.1 g/mol. The minimum atomic E-state index is -0.444. The average molecular weight is 99.1 g/mol. The van der Waals surface area contributed by atoms with Crippen molar-refractivity contribution in [3.05, 3.63) is 18.3 Å². The first-order chi connectivity index (χ1) is 3.29. The zero-order valence-electron chi connectivity index (χ0n) is 3.83. The molecule has 1 aliphatic carbocycles. The van der Waals surface area contributed by atoms with Gasteiger partial charge in [0.25, 0.3) is 0 Å². The molecule has 1 radical (unpaired) electrons. The molecule has 2 N–H and O–H groups in total. The van der Waals surface area contributed by atoms with E-state index in [0.29, 0.717) is 6.42 Å². The van der Waals surface area contributed by atoms with E-state index < -0.39 is 6.10 Å². The number of aliphatic hydroxyl groups is 2. The Balaban J connectivity index is 2.42. The van der Waals surface area contributed by atoms with Crippen molar-refractivity contribution in [1.29, 1.82) is 0 Å². The van der Waals surface area contributed by atoms with Crippen LogP contribution in [0.25, 0.3) is 0 Å². The van der Waals surface area contributed by atoms with Crippen LogP contribution < -0.4 is 0 Å². The van der Waals surface area contributed by atoms with Crippen LogP contribution in [0.15, 0.2) is 12.2 Å². The first-order valence-corrected chi connectivity index (χ1v) is 2.20. The van der Waals surface area contributed by atoms with Gasteiger partial charge in [0.2, 0.25) is 0 Å². The van der Waals surface area contributed by atoms with Gasteiger partial charge in [0, 0.05) is 6.42 Å². The van der Waals surface area contributed by atoms with Crippen molar-refractivity contribution >= 4 is 0 Å². The van der Waals surface area contributed by atoms with Gasteiger partial charge in [-0.15, -0.1) is 0 Å². The number of aliphatic hydroxyl groups excluding tert-OH is 2. The molecule has 0 bridgehead atoms. The molecule has 1 atom stereocenters. The second-order valence-electron chi connectivity index (χ2n) is 1.62. The summed E-state index contributed by atoms with van der Waals surface area (Å²) in [6, 6.07) is 0. The van der Waals surface area contributed by atoms with Crippen molar-refractivity contribution in [1.82, 2.24) is 0 Å². The molecule has 7 heavy (non-hydrogen) atoms. The lowest BCUT2D eigenvalue weighted by atomic mass is 10.3. The van der Waals surface area contributed by atoms with E-state index in [-0.39, 0.29) is 6.10 Å². The van der Waals surface area contributed by atoms with E-state index in [0.717, 1.165) is 0 Å². The van der Waals surface area contributed by atoms with Crippen LogP contribution in [0.3, 0.4) is 0 Å². The van der Waals surface area contributed by atoms with Crippen LogP contribution in [0.4, 0.5) is 0 Å². The maximum atomic E-state index is 8.63. The monoisotopic (exact) mass is 99.0 g/mol. The fourth-order valence-corrected chi connectivity index (χ4v) is 0.573. The summed E-state index contributed by atoms with van der Waals surface area (Å²) in [5, 5.41) is 17.2. The Kier molecular flexibility index (Phi) is 1.13. The molecule has 0 unspecified atom stereocenters. The van der Waals surface area contributed by atoms with Crippen molar-refractivity contribution in [3.63, 3.8) is 0 Å². The van der Waals surface area contributed by atoms with Gasteiger partial charge >= 0.3 is 0 Å². The van der Waals surface area contributed by atoms with Gasteiger partial charge in [0.15, 0.2) is 0 Å². The maximum absolute atomic E-state index is 8.63. The van der Waals surface area contributed by atoms with E-state index in [9.17, 15) is 0 Å². The molecule has 1 aliphatic rings. The minimum absolute atomic E-state index is 0.271. The highest BCUT2D eigenvalue weighted by Crippen LogP contribution is 2.15. The van der Waals surface area contributed by atoms with Crippen LogP contribution >= 0.6 is 0 Å². The minimum Gasteiger partial charge on any atom is -0.389 e. The highest BCUT2D eigenvalue weighted by Gasteiger charge is 2.13. The molecule has 39 valence electrons. The third kappa shape index (κ3) is 1.01. The fourth-order valence-electron chi connectivity index (χ4n) is 0.573.